The van der Waals surface area contributed by atoms with Crippen LogP contribution in [0.25, 0.3) is 0 Å². The third-order valence-corrected chi connectivity index (χ3v) is 3.41. The first-order chi connectivity index (χ1) is 7.62. The molecule has 16 heavy (non-hydrogen) atoms. The average Bonchev–Trinajstić information content (AvgIpc) is 3.11. The fourth-order valence-corrected chi connectivity index (χ4v) is 1.88. The third-order valence-electron chi connectivity index (χ3n) is 2.15. The molecule has 1 aliphatic rings. The molecule has 1 aliphatic heterocycles. The van der Waals surface area contributed by atoms with E-state index < -0.39 is 15.8 Å². The fourth-order valence-electron chi connectivity index (χ4n) is 1.17. The van der Waals surface area contributed by atoms with Gasteiger partial charge in [-0.3, -0.25) is 0 Å². The van der Waals surface area contributed by atoms with Crippen LogP contribution in [0.3, 0.4) is 0 Å². The van der Waals surface area contributed by atoms with Crippen molar-refractivity contribution in [2.75, 3.05) is 19.2 Å². The van der Waals surface area contributed by atoms with Gasteiger partial charge in [-0.25, -0.2) is 12.8 Å². The predicted octanol–water partition coefficient (Wildman–Crippen LogP) is 1.16. The minimum absolute atomic E-state index is 0.0655. The zero-order valence-electron chi connectivity index (χ0n) is 8.43. The highest BCUT2D eigenvalue weighted by Crippen LogP contribution is 2.20. The molecule has 2 rings (SSSR count). The van der Waals surface area contributed by atoms with Crippen LogP contribution in [0.5, 0.6) is 5.75 Å². The number of alkyl halides is 1. The lowest BCUT2D eigenvalue weighted by Crippen LogP contribution is -2.06. The molecule has 1 heterocycles. The Morgan fingerprint density at radius 2 is 2.25 bits per heavy atom. The number of rotatable bonds is 5. The standard InChI is InChI=1S/C10H11FO4S/c11-7-16(12,13)10-3-1-2-8(4-10)14-5-9-6-15-9/h1-4,9H,5-7H2/t9-/m1/s1. The van der Waals surface area contributed by atoms with Crippen molar-refractivity contribution in [1.29, 1.82) is 0 Å². The maximum absolute atomic E-state index is 12.3. The first kappa shape index (κ1) is 11.3. The zero-order chi connectivity index (χ0) is 11.6. The second-order valence-electron chi connectivity index (χ2n) is 3.47. The van der Waals surface area contributed by atoms with Crippen molar-refractivity contribution in [3.63, 3.8) is 0 Å². The van der Waals surface area contributed by atoms with Crippen molar-refractivity contribution < 1.29 is 22.3 Å². The summed E-state index contributed by atoms with van der Waals surface area (Å²) in [6.45, 7) is 1.06. The van der Waals surface area contributed by atoms with E-state index in [1.165, 1.54) is 18.2 Å². The summed E-state index contributed by atoms with van der Waals surface area (Å²) in [6, 6.07) is 4.40. The number of epoxide rings is 1. The molecule has 4 nitrogen and oxygen atoms in total. The first-order valence-corrected chi connectivity index (χ1v) is 6.40. The Bertz CT molecular complexity index is 467. The molecule has 1 saturated heterocycles. The summed E-state index contributed by atoms with van der Waals surface area (Å²) in [4.78, 5) is -0.0655. The van der Waals surface area contributed by atoms with Gasteiger partial charge < -0.3 is 9.47 Å². The molecule has 0 saturated carbocycles. The van der Waals surface area contributed by atoms with Gasteiger partial charge in [0.05, 0.1) is 11.5 Å². The Kier molecular flexibility index (Phi) is 3.11. The highest BCUT2D eigenvalue weighted by molar-refractivity contribution is 7.91. The molecule has 1 aromatic carbocycles. The summed E-state index contributed by atoms with van der Waals surface area (Å²) in [5.74, 6) is 0.407. The molecule has 1 fully saturated rings. The summed E-state index contributed by atoms with van der Waals surface area (Å²) in [7, 11) is -3.82. The van der Waals surface area contributed by atoms with Gasteiger partial charge in [0.1, 0.15) is 18.5 Å². The lowest BCUT2D eigenvalue weighted by molar-refractivity contribution is 0.262. The SMILES string of the molecule is O=S(=O)(CF)c1cccc(OC[C@@H]2CO2)c1. The van der Waals surface area contributed by atoms with Gasteiger partial charge in [0.25, 0.3) is 0 Å². The molecular weight excluding hydrogens is 235 g/mol. The molecule has 0 spiro atoms. The summed E-state index contributed by atoms with van der Waals surface area (Å²) in [6.07, 6.45) is 0.0986. The minimum atomic E-state index is -3.82. The Balaban J connectivity index is 2.12. The van der Waals surface area contributed by atoms with Crippen LogP contribution in [0, 0.1) is 0 Å². The fraction of sp³-hybridized carbons (Fsp3) is 0.400. The molecule has 0 amide bonds. The van der Waals surface area contributed by atoms with Crippen molar-refractivity contribution in [3.8, 4) is 5.75 Å². The van der Waals surface area contributed by atoms with Gasteiger partial charge >= 0.3 is 0 Å². The van der Waals surface area contributed by atoms with Gasteiger partial charge in [-0.1, -0.05) is 6.07 Å². The number of ether oxygens (including phenoxy) is 2. The summed E-state index contributed by atoms with van der Waals surface area (Å²) >= 11 is 0. The molecule has 0 aliphatic carbocycles. The number of hydrogen-bond acceptors (Lipinski definition) is 4. The van der Waals surface area contributed by atoms with E-state index in [1.807, 2.05) is 0 Å². The van der Waals surface area contributed by atoms with E-state index in [4.69, 9.17) is 9.47 Å². The smallest absolute Gasteiger partial charge is 0.207 e. The third kappa shape index (κ3) is 2.70. The summed E-state index contributed by atoms with van der Waals surface area (Å²) < 4.78 is 45.0. The van der Waals surface area contributed by atoms with Crippen LogP contribution in [0.15, 0.2) is 29.2 Å². The van der Waals surface area contributed by atoms with E-state index >= 15 is 0 Å². The predicted molar refractivity (Wildman–Crippen MR) is 54.8 cm³/mol. The molecule has 88 valence electrons. The number of benzene rings is 1. The first-order valence-electron chi connectivity index (χ1n) is 4.75. The Labute approximate surface area is 92.9 Å². The van der Waals surface area contributed by atoms with Crippen LogP contribution in [-0.4, -0.2) is 33.7 Å². The second-order valence-corrected chi connectivity index (χ2v) is 5.38. The van der Waals surface area contributed by atoms with E-state index in [1.54, 1.807) is 6.07 Å². The lowest BCUT2D eigenvalue weighted by Gasteiger charge is -2.05. The van der Waals surface area contributed by atoms with E-state index in [0.717, 1.165) is 0 Å². The molecule has 1 atom stereocenters. The van der Waals surface area contributed by atoms with E-state index in [2.05, 4.69) is 0 Å². The maximum atomic E-state index is 12.3. The molecule has 0 unspecified atom stereocenters. The van der Waals surface area contributed by atoms with Gasteiger partial charge in [0.15, 0.2) is 6.01 Å². The van der Waals surface area contributed by atoms with Crippen molar-refractivity contribution >= 4 is 9.84 Å². The number of halogens is 1. The minimum Gasteiger partial charge on any atom is -0.491 e. The maximum Gasteiger partial charge on any atom is 0.207 e. The van der Waals surface area contributed by atoms with Gasteiger partial charge in [-0.05, 0) is 18.2 Å². The molecule has 6 heteroatoms. The highest BCUT2D eigenvalue weighted by Gasteiger charge is 2.23. The van der Waals surface area contributed by atoms with Crippen LogP contribution in [-0.2, 0) is 14.6 Å². The molecule has 0 radical (unpaired) electrons. The van der Waals surface area contributed by atoms with Crippen molar-refractivity contribution in [1.82, 2.24) is 0 Å². The summed E-state index contributed by atoms with van der Waals surface area (Å²) in [5, 5.41) is 0. The molecule has 0 aromatic heterocycles. The van der Waals surface area contributed by atoms with Crippen LogP contribution >= 0.6 is 0 Å². The van der Waals surface area contributed by atoms with Crippen LogP contribution in [0.1, 0.15) is 0 Å². The van der Waals surface area contributed by atoms with E-state index in [9.17, 15) is 12.8 Å². The molecule has 1 aromatic rings. The van der Waals surface area contributed by atoms with Crippen molar-refractivity contribution in [2.24, 2.45) is 0 Å². The van der Waals surface area contributed by atoms with Gasteiger partial charge in [0, 0.05) is 0 Å². The van der Waals surface area contributed by atoms with Gasteiger partial charge in [-0.2, -0.15) is 0 Å². The number of hydrogen-bond donors (Lipinski definition) is 0. The molecular formula is C10H11FO4S. The van der Waals surface area contributed by atoms with Crippen LogP contribution in [0.2, 0.25) is 0 Å². The van der Waals surface area contributed by atoms with Crippen LogP contribution < -0.4 is 4.74 Å². The van der Waals surface area contributed by atoms with Crippen molar-refractivity contribution in [3.05, 3.63) is 24.3 Å². The monoisotopic (exact) mass is 246 g/mol. The van der Waals surface area contributed by atoms with Crippen LogP contribution in [0.4, 0.5) is 4.39 Å². The molecule has 0 N–H and O–H groups in total. The van der Waals surface area contributed by atoms with E-state index in [0.29, 0.717) is 19.0 Å². The molecule has 0 bridgehead atoms. The van der Waals surface area contributed by atoms with Crippen molar-refractivity contribution in [2.45, 2.75) is 11.0 Å². The topological polar surface area (TPSA) is 55.9 Å². The Hall–Kier alpha value is -1.14. The highest BCUT2D eigenvalue weighted by atomic mass is 32.2. The quantitative estimate of drug-likeness (QED) is 0.732. The normalized spacial score (nSPS) is 19.4. The zero-order valence-corrected chi connectivity index (χ0v) is 9.24. The Morgan fingerprint density at radius 3 is 2.88 bits per heavy atom. The largest absolute Gasteiger partial charge is 0.491 e. The number of sulfone groups is 1. The Morgan fingerprint density at radius 1 is 1.50 bits per heavy atom. The average molecular weight is 246 g/mol. The second kappa shape index (κ2) is 4.39. The lowest BCUT2D eigenvalue weighted by atomic mass is 10.3. The summed E-state index contributed by atoms with van der Waals surface area (Å²) in [5.41, 5.74) is 0. The van der Waals surface area contributed by atoms with Gasteiger partial charge in [-0.15, -0.1) is 0 Å². The van der Waals surface area contributed by atoms with E-state index in [-0.39, 0.29) is 11.0 Å². The van der Waals surface area contributed by atoms with Gasteiger partial charge in [0.2, 0.25) is 9.84 Å².